The molecule has 1 spiro atoms. The summed E-state index contributed by atoms with van der Waals surface area (Å²) >= 11 is 0. The van der Waals surface area contributed by atoms with Crippen LogP contribution in [0, 0.1) is 19.3 Å². The van der Waals surface area contributed by atoms with Gasteiger partial charge < -0.3 is 9.80 Å². The van der Waals surface area contributed by atoms with E-state index in [1.54, 1.807) is 18.0 Å². The minimum Gasteiger partial charge on any atom is -0.367 e. The van der Waals surface area contributed by atoms with Crippen molar-refractivity contribution in [2.45, 2.75) is 39.4 Å². The number of rotatable bonds is 4. The fourth-order valence-electron chi connectivity index (χ4n) is 4.71. The van der Waals surface area contributed by atoms with E-state index in [9.17, 15) is 22.0 Å². The maximum Gasteiger partial charge on any atom is 0.435 e. The number of aromatic nitrogens is 6. The van der Waals surface area contributed by atoms with Crippen LogP contribution in [-0.4, -0.2) is 62.3 Å². The lowest BCUT2D eigenvalue weighted by Gasteiger charge is -2.49. The van der Waals surface area contributed by atoms with Crippen molar-refractivity contribution in [3.8, 4) is 0 Å². The summed E-state index contributed by atoms with van der Waals surface area (Å²) in [5.74, 6) is 0.477. The van der Waals surface area contributed by atoms with Crippen LogP contribution in [-0.2, 0) is 12.7 Å². The Morgan fingerprint density at radius 1 is 1.03 bits per heavy atom. The standard InChI is InChI=1S/C20H21F5N8/c1-11-13-5-27-18(29-17(13)33(30-11)7-15(21)22)31-4-3-19(8-31)9-32(10-19)14-6-26-12(2)28-16(14)20(23,24)25/h5-6,15H,3-4,7-10H2,1-2H3. The first-order valence-corrected chi connectivity index (χ1v) is 10.4. The van der Waals surface area contributed by atoms with E-state index in [1.165, 1.54) is 17.8 Å². The molecule has 0 N–H and O–H groups in total. The van der Waals surface area contributed by atoms with Crippen LogP contribution in [0.5, 0.6) is 0 Å². The van der Waals surface area contributed by atoms with Gasteiger partial charge in [0.15, 0.2) is 11.3 Å². The first kappa shape index (κ1) is 21.7. The van der Waals surface area contributed by atoms with Crippen molar-refractivity contribution in [1.29, 1.82) is 0 Å². The average molecular weight is 468 g/mol. The summed E-state index contributed by atoms with van der Waals surface area (Å²) in [5.41, 5.74) is -0.214. The molecule has 2 aliphatic rings. The average Bonchev–Trinajstić information content (AvgIpc) is 3.28. The molecule has 0 bridgehead atoms. The Labute approximate surface area is 185 Å². The summed E-state index contributed by atoms with van der Waals surface area (Å²) in [7, 11) is 0. The number of fused-ring (bicyclic) bond motifs is 1. The lowest BCUT2D eigenvalue weighted by molar-refractivity contribution is -0.141. The summed E-state index contributed by atoms with van der Waals surface area (Å²) in [6.45, 7) is 4.64. The van der Waals surface area contributed by atoms with E-state index >= 15 is 0 Å². The highest BCUT2D eigenvalue weighted by Gasteiger charge is 2.50. The van der Waals surface area contributed by atoms with Crippen LogP contribution in [0.2, 0.25) is 0 Å². The summed E-state index contributed by atoms with van der Waals surface area (Å²) in [5, 5.41) is 4.75. The molecule has 5 rings (SSSR count). The summed E-state index contributed by atoms with van der Waals surface area (Å²) in [6, 6.07) is 0. The van der Waals surface area contributed by atoms with E-state index in [2.05, 4.69) is 25.0 Å². The van der Waals surface area contributed by atoms with E-state index in [0.717, 1.165) is 6.42 Å². The number of hydrogen-bond donors (Lipinski definition) is 0. The molecule has 0 aromatic carbocycles. The van der Waals surface area contributed by atoms with Gasteiger partial charge in [-0.3, -0.25) is 0 Å². The van der Waals surface area contributed by atoms with Gasteiger partial charge in [-0.05, 0) is 20.3 Å². The molecule has 0 atom stereocenters. The SMILES string of the molecule is Cc1ncc(N2CC3(CCN(c4ncc5c(C)nn(CC(F)F)c5n4)C3)C2)c(C(F)(F)F)n1. The number of alkyl halides is 5. The molecule has 0 aliphatic carbocycles. The molecule has 5 heterocycles. The maximum absolute atomic E-state index is 13.4. The van der Waals surface area contributed by atoms with Gasteiger partial charge in [-0.25, -0.2) is 28.4 Å². The zero-order valence-electron chi connectivity index (χ0n) is 17.9. The second kappa shape index (κ2) is 7.45. The van der Waals surface area contributed by atoms with Gasteiger partial charge in [-0.1, -0.05) is 0 Å². The van der Waals surface area contributed by atoms with Crippen LogP contribution >= 0.6 is 0 Å². The van der Waals surface area contributed by atoms with Gasteiger partial charge >= 0.3 is 6.18 Å². The third-order valence-electron chi connectivity index (χ3n) is 6.24. The summed E-state index contributed by atoms with van der Waals surface area (Å²) in [4.78, 5) is 20.0. The van der Waals surface area contributed by atoms with Gasteiger partial charge in [0.05, 0.1) is 23.0 Å². The third kappa shape index (κ3) is 3.82. The first-order chi connectivity index (χ1) is 15.5. The zero-order chi connectivity index (χ0) is 23.5. The summed E-state index contributed by atoms with van der Waals surface area (Å²) < 4.78 is 67.4. The molecule has 0 unspecified atom stereocenters. The Bertz CT molecular complexity index is 1200. The smallest absolute Gasteiger partial charge is 0.367 e. The van der Waals surface area contributed by atoms with Gasteiger partial charge in [0.25, 0.3) is 6.43 Å². The maximum atomic E-state index is 13.4. The van der Waals surface area contributed by atoms with Crippen molar-refractivity contribution in [2.24, 2.45) is 5.41 Å². The van der Waals surface area contributed by atoms with E-state index in [4.69, 9.17) is 0 Å². The van der Waals surface area contributed by atoms with Crippen LogP contribution < -0.4 is 9.80 Å². The molecule has 2 aliphatic heterocycles. The highest BCUT2D eigenvalue weighted by atomic mass is 19.4. The fourth-order valence-corrected chi connectivity index (χ4v) is 4.71. The highest BCUT2D eigenvalue weighted by Crippen LogP contribution is 2.45. The Balaban J connectivity index is 1.34. The van der Waals surface area contributed by atoms with Crippen LogP contribution in [0.3, 0.4) is 0 Å². The van der Waals surface area contributed by atoms with Gasteiger partial charge in [-0.2, -0.15) is 23.3 Å². The molecule has 0 saturated carbocycles. The van der Waals surface area contributed by atoms with E-state index in [0.29, 0.717) is 48.9 Å². The molecule has 33 heavy (non-hydrogen) atoms. The molecule has 2 fully saturated rings. The largest absolute Gasteiger partial charge is 0.435 e. The monoisotopic (exact) mass is 468 g/mol. The number of hydrogen-bond acceptors (Lipinski definition) is 7. The molecule has 8 nitrogen and oxygen atoms in total. The topological polar surface area (TPSA) is 75.9 Å². The number of anilines is 2. The molecule has 176 valence electrons. The Hall–Kier alpha value is -3.12. The van der Waals surface area contributed by atoms with Crippen molar-refractivity contribution in [2.75, 3.05) is 36.0 Å². The van der Waals surface area contributed by atoms with Crippen LogP contribution in [0.15, 0.2) is 12.4 Å². The predicted octanol–water partition coefficient (Wildman–Crippen LogP) is 3.23. The van der Waals surface area contributed by atoms with Gasteiger partial charge in [0.2, 0.25) is 5.95 Å². The van der Waals surface area contributed by atoms with Crippen molar-refractivity contribution in [3.05, 3.63) is 29.6 Å². The minimum absolute atomic E-state index is 0.0128. The molecule has 3 aromatic rings. The lowest BCUT2D eigenvalue weighted by atomic mass is 9.78. The summed E-state index contributed by atoms with van der Waals surface area (Å²) in [6.07, 6.45) is -3.55. The van der Waals surface area contributed by atoms with E-state index in [1.807, 2.05) is 4.90 Å². The Morgan fingerprint density at radius 2 is 1.76 bits per heavy atom. The van der Waals surface area contributed by atoms with Crippen molar-refractivity contribution < 1.29 is 22.0 Å². The quantitative estimate of drug-likeness (QED) is 0.545. The second-order valence-electron chi connectivity index (χ2n) is 8.74. The van der Waals surface area contributed by atoms with Crippen LogP contribution in [0.4, 0.5) is 33.6 Å². The Morgan fingerprint density at radius 3 is 2.45 bits per heavy atom. The minimum atomic E-state index is -4.56. The lowest BCUT2D eigenvalue weighted by Crippen LogP contribution is -2.58. The van der Waals surface area contributed by atoms with Crippen molar-refractivity contribution in [1.82, 2.24) is 29.7 Å². The molecule has 3 aromatic heterocycles. The number of halogens is 5. The highest BCUT2D eigenvalue weighted by molar-refractivity contribution is 5.78. The van der Waals surface area contributed by atoms with Gasteiger partial charge in [0.1, 0.15) is 12.4 Å². The van der Waals surface area contributed by atoms with Crippen molar-refractivity contribution >= 4 is 22.7 Å². The third-order valence-corrected chi connectivity index (χ3v) is 6.24. The molecule has 2 saturated heterocycles. The number of nitrogens with zero attached hydrogens (tertiary/aromatic N) is 8. The number of aryl methyl sites for hydroxylation is 2. The van der Waals surface area contributed by atoms with E-state index in [-0.39, 0.29) is 16.9 Å². The first-order valence-electron chi connectivity index (χ1n) is 10.4. The molecule has 0 amide bonds. The van der Waals surface area contributed by atoms with Gasteiger partial charge in [0, 0.05) is 37.8 Å². The molecular weight excluding hydrogens is 447 g/mol. The fraction of sp³-hybridized carbons (Fsp3) is 0.550. The van der Waals surface area contributed by atoms with Crippen LogP contribution in [0.25, 0.3) is 11.0 Å². The molecule has 0 radical (unpaired) electrons. The van der Waals surface area contributed by atoms with Crippen molar-refractivity contribution in [3.63, 3.8) is 0 Å². The Kier molecular flexibility index (Phi) is 4.90. The normalized spacial score (nSPS) is 18.1. The van der Waals surface area contributed by atoms with Crippen LogP contribution in [0.1, 0.15) is 23.6 Å². The molecule has 13 heteroatoms. The zero-order valence-corrected chi connectivity index (χ0v) is 17.9. The molecular formula is C20H21F5N8. The van der Waals surface area contributed by atoms with E-state index < -0.39 is 24.8 Å². The van der Waals surface area contributed by atoms with Gasteiger partial charge in [-0.15, -0.1) is 0 Å². The predicted molar refractivity (Wildman–Crippen MR) is 109 cm³/mol. The second-order valence-corrected chi connectivity index (χ2v) is 8.74.